The van der Waals surface area contributed by atoms with Crippen LogP contribution in [0, 0.1) is 0 Å². The highest BCUT2D eigenvalue weighted by Crippen LogP contribution is 2.43. The molecule has 0 fully saturated rings. The summed E-state index contributed by atoms with van der Waals surface area (Å²) in [6.45, 7) is 5.33. The molecule has 2 heterocycles. The Morgan fingerprint density at radius 1 is 1.00 bits per heavy atom. The molecule has 0 saturated heterocycles. The van der Waals surface area contributed by atoms with Gasteiger partial charge >= 0.3 is 0 Å². The summed E-state index contributed by atoms with van der Waals surface area (Å²) in [6.07, 6.45) is 0. The van der Waals surface area contributed by atoms with E-state index in [-0.39, 0.29) is 0 Å². The third kappa shape index (κ3) is 2.06. The molecule has 2 aromatic carbocycles. The largest absolute Gasteiger partial charge is 0.354 e. The van der Waals surface area contributed by atoms with E-state index in [1.165, 1.54) is 28.0 Å². The molecule has 21 heavy (non-hydrogen) atoms. The first-order chi connectivity index (χ1) is 10.3. The van der Waals surface area contributed by atoms with Gasteiger partial charge in [0.2, 0.25) is 0 Å². The fraction of sp³-hybridized carbons (Fsp3) is 0.222. The number of benzene rings is 2. The lowest BCUT2D eigenvalue weighted by Crippen LogP contribution is -2.20. The molecule has 1 N–H and O–H groups in total. The van der Waals surface area contributed by atoms with Crippen molar-refractivity contribution in [3.63, 3.8) is 0 Å². The lowest BCUT2D eigenvalue weighted by atomic mass is 9.97. The zero-order chi connectivity index (χ0) is 14.4. The third-order valence-electron chi connectivity index (χ3n) is 4.40. The fourth-order valence-corrected chi connectivity index (χ4v) is 3.47. The standard InChI is InChI=1S/C18H17ClN2/c1-2-21-10-15-13-5-3-4-6-17(13)20-18-9-12(19)7-8-14(18)16(15)11-21/h3-9,20H,2,10-11H2,1H3. The van der Waals surface area contributed by atoms with Crippen LogP contribution in [0.3, 0.4) is 0 Å². The van der Waals surface area contributed by atoms with Crippen molar-refractivity contribution in [1.29, 1.82) is 0 Å². The zero-order valence-corrected chi connectivity index (χ0v) is 12.7. The van der Waals surface area contributed by atoms with Gasteiger partial charge in [-0.15, -0.1) is 0 Å². The summed E-state index contributed by atoms with van der Waals surface area (Å²) < 4.78 is 0. The van der Waals surface area contributed by atoms with Gasteiger partial charge in [-0.05, 0) is 35.9 Å². The van der Waals surface area contributed by atoms with Gasteiger partial charge in [0.1, 0.15) is 0 Å². The van der Waals surface area contributed by atoms with Crippen LogP contribution in [0.15, 0.2) is 42.5 Å². The van der Waals surface area contributed by atoms with Crippen molar-refractivity contribution in [2.24, 2.45) is 0 Å². The van der Waals surface area contributed by atoms with E-state index >= 15 is 0 Å². The molecule has 0 spiro atoms. The Morgan fingerprint density at radius 2 is 1.71 bits per heavy atom. The Morgan fingerprint density at radius 3 is 2.48 bits per heavy atom. The highest BCUT2D eigenvalue weighted by molar-refractivity contribution is 6.31. The van der Waals surface area contributed by atoms with E-state index in [1.807, 2.05) is 12.1 Å². The van der Waals surface area contributed by atoms with E-state index in [0.29, 0.717) is 0 Å². The van der Waals surface area contributed by atoms with Gasteiger partial charge in [-0.3, -0.25) is 4.90 Å². The van der Waals surface area contributed by atoms with Crippen molar-refractivity contribution in [2.45, 2.75) is 6.92 Å². The number of anilines is 2. The van der Waals surface area contributed by atoms with Gasteiger partial charge in [-0.1, -0.05) is 42.8 Å². The maximum absolute atomic E-state index is 6.19. The first kappa shape index (κ1) is 12.9. The summed E-state index contributed by atoms with van der Waals surface area (Å²) in [4.78, 5) is 2.48. The van der Waals surface area contributed by atoms with Gasteiger partial charge in [0, 0.05) is 40.6 Å². The molecule has 4 rings (SSSR count). The summed E-state index contributed by atoms with van der Waals surface area (Å²) in [5, 5.41) is 4.33. The van der Waals surface area contributed by atoms with E-state index in [4.69, 9.17) is 11.6 Å². The number of nitrogens with one attached hydrogen (secondary N) is 1. The average Bonchev–Trinajstić information content (AvgIpc) is 2.87. The van der Waals surface area contributed by atoms with Crippen molar-refractivity contribution in [3.05, 3.63) is 58.6 Å². The van der Waals surface area contributed by atoms with Crippen LogP contribution >= 0.6 is 11.6 Å². The van der Waals surface area contributed by atoms with Crippen molar-refractivity contribution in [2.75, 3.05) is 25.0 Å². The van der Waals surface area contributed by atoms with Crippen LogP contribution in [-0.4, -0.2) is 24.5 Å². The van der Waals surface area contributed by atoms with Gasteiger partial charge in [-0.2, -0.15) is 0 Å². The second kappa shape index (κ2) is 4.90. The molecule has 2 aliphatic heterocycles. The third-order valence-corrected chi connectivity index (χ3v) is 4.64. The van der Waals surface area contributed by atoms with Gasteiger partial charge < -0.3 is 5.32 Å². The van der Waals surface area contributed by atoms with E-state index in [1.54, 1.807) is 0 Å². The maximum Gasteiger partial charge on any atom is 0.0476 e. The van der Waals surface area contributed by atoms with Crippen LogP contribution in [-0.2, 0) is 0 Å². The minimum Gasteiger partial charge on any atom is -0.354 e. The molecule has 0 amide bonds. The van der Waals surface area contributed by atoms with E-state index in [0.717, 1.165) is 30.3 Å². The molecule has 0 aliphatic carbocycles. The number of para-hydroxylation sites is 1. The first-order valence-corrected chi connectivity index (χ1v) is 7.75. The zero-order valence-electron chi connectivity index (χ0n) is 12.0. The van der Waals surface area contributed by atoms with Crippen LogP contribution in [0.4, 0.5) is 11.4 Å². The molecule has 0 aromatic heterocycles. The molecular formula is C18H17ClN2. The molecular weight excluding hydrogens is 280 g/mol. The predicted molar refractivity (Wildman–Crippen MR) is 90.1 cm³/mol. The summed E-state index contributed by atoms with van der Waals surface area (Å²) in [5.41, 5.74) is 7.75. The van der Waals surface area contributed by atoms with Crippen LogP contribution in [0.25, 0.3) is 11.1 Å². The highest BCUT2D eigenvalue weighted by Gasteiger charge is 2.28. The SMILES string of the molecule is CCN1CC2=C(C1)c1ccc(Cl)cc1Nc1ccccc12. The number of fused-ring (bicyclic) bond motifs is 4. The monoisotopic (exact) mass is 296 g/mol. The Balaban J connectivity index is 1.96. The second-order valence-corrected chi connectivity index (χ2v) is 6.06. The summed E-state index contributed by atoms with van der Waals surface area (Å²) in [7, 11) is 0. The Kier molecular flexibility index (Phi) is 3.02. The van der Waals surface area contributed by atoms with E-state index in [9.17, 15) is 0 Å². The van der Waals surface area contributed by atoms with Gasteiger partial charge in [0.05, 0.1) is 0 Å². The van der Waals surface area contributed by atoms with E-state index < -0.39 is 0 Å². The Labute approximate surface area is 130 Å². The molecule has 0 atom stereocenters. The normalized spacial score (nSPS) is 16.9. The molecule has 2 aromatic rings. The lowest BCUT2D eigenvalue weighted by Gasteiger charge is -2.17. The van der Waals surface area contributed by atoms with Gasteiger partial charge in [0.15, 0.2) is 0 Å². The number of hydrogen-bond acceptors (Lipinski definition) is 2. The molecule has 0 unspecified atom stereocenters. The van der Waals surface area contributed by atoms with Gasteiger partial charge in [-0.25, -0.2) is 0 Å². The first-order valence-electron chi connectivity index (χ1n) is 7.37. The second-order valence-electron chi connectivity index (χ2n) is 5.62. The maximum atomic E-state index is 6.19. The lowest BCUT2D eigenvalue weighted by molar-refractivity contribution is 0.380. The quantitative estimate of drug-likeness (QED) is 0.824. The Hall–Kier alpha value is -1.77. The highest BCUT2D eigenvalue weighted by atomic mass is 35.5. The molecule has 0 bridgehead atoms. The summed E-state index contributed by atoms with van der Waals surface area (Å²) in [5.74, 6) is 0. The topological polar surface area (TPSA) is 15.3 Å². The smallest absolute Gasteiger partial charge is 0.0476 e. The number of halogens is 1. The molecule has 0 saturated carbocycles. The van der Waals surface area contributed by atoms with Crippen molar-refractivity contribution in [1.82, 2.24) is 4.90 Å². The van der Waals surface area contributed by atoms with Crippen molar-refractivity contribution in [3.8, 4) is 0 Å². The summed E-state index contributed by atoms with van der Waals surface area (Å²) in [6, 6.07) is 14.7. The van der Waals surface area contributed by atoms with Crippen LogP contribution in [0.5, 0.6) is 0 Å². The van der Waals surface area contributed by atoms with Crippen LogP contribution in [0.2, 0.25) is 5.02 Å². The van der Waals surface area contributed by atoms with Crippen LogP contribution < -0.4 is 5.32 Å². The number of rotatable bonds is 1. The molecule has 0 radical (unpaired) electrons. The molecule has 2 nitrogen and oxygen atoms in total. The minimum absolute atomic E-state index is 0.771. The van der Waals surface area contributed by atoms with E-state index in [2.05, 4.69) is 47.5 Å². The predicted octanol–water partition coefficient (Wildman–Crippen LogP) is 4.64. The van der Waals surface area contributed by atoms with Crippen molar-refractivity contribution >= 4 is 34.1 Å². The number of nitrogens with zero attached hydrogens (tertiary/aromatic N) is 1. The number of likely N-dealkylation sites (N-methyl/N-ethyl adjacent to an activating group) is 1. The average molecular weight is 297 g/mol. The molecule has 2 aliphatic rings. The molecule has 3 heteroatoms. The number of hydrogen-bond donors (Lipinski definition) is 1. The summed E-state index contributed by atoms with van der Waals surface area (Å²) >= 11 is 6.19. The molecule has 106 valence electrons. The fourth-order valence-electron chi connectivity index (χ4n) is 3.30. The van der Waals surface area contributed by atoms with Crippen LogP contribution in [0.1, 0.15) is 18.1 Å². The van der Waals surface area contributed by atoms with Gasteiger partial charge in [0.25, 0.3) is 0 Å². The Bertz CT molecular complexity index is 749. The minimum atomic E-state index is 0.771. The van der Waals surface area contributed by atoms with Crippen molar-refractivity contribution < 1.29 is 0 Å².